The van der Waals surface area contributed by atoms with E-state index < -0.39 is 29.5 Å². The molecule has 3 aromatic rings. The van der Waals surface area contributed by atoms with Crippen molar-refractivity contribution < 1.29 is 33.4 Å². The second-order valence-electron chi connectivity index (χ2n) is 8.34. The molecule has 0 radical (unpaired) electrons. The van der Waals surface area contributed by atoms with Crippen LogP contribution in [0, 0.1) is 5.41 Å². The summed E-state index contributed by atoms with van der Waals surface area (Å²) in [4.78, 5) is 33.7. The van der Waals surface area contributed by atoms with Crippen molar-refractivity contribution in [3.63, 3.8) is 0 Å². The number of fused-ring (bicyclic) bond motifs is 1. The quantitative estimate of drug-likeness (QED) is 0.397. The van der Waals surface area contributed by atoms with Gasteiger partial charge in [0.05, 0.1) is 19.9 Å². The van der Waals surface area contributed by atoms with Crippen molar-refractivity contribution in [2.24, 2.45) is 5.41 Å². The lowest BCUT2D eigenvalue weighted by molar-refractivity contribution is -0.186. The van der Waals surface area contributed by atoms with Crippen LogP contribution in [0.25, 0.3) is 0 Å². The SMILES string of the molecule is COC(=O)C1(C(=O)OC)CC(c2ccc3c(c2)OCO3)ON(c2ccccc2)C1c1ccccc1. The van der Waals surface area contributed by atoms with E-state index in [1.54, 1.807) is 17.2 Å². The fraction of sp³-hybridized carbons (Fsp3) is 0.259. The van der Waals surface area contributed by atoms with Crippen LogP contribution in [0.2, 0.25) is 0 Å². The Hall–Kier alpha value is -4.04. The molecule has 0 saturated carbocycles. The van der Waals surface area contributed by atoms with Gasteiger partial charge in [-0.25, -0.2) is 5.06 Å². The van der Waals surface area contributed by atoms with Gasteiger partial charge < -0.3 is 18.9 Å². The second-order valence-corrected chi connectivity index (χ2v) is 8.34. The van der Waals surface area contributed by atoms with Crippen LogP contribution in [0.4, 0.5) is 5.69 Å². The van der Waals surface area contributed by atoms with Crippen LogP contribution in [0.3, 0.4) is 0 Å². The van der Waals surface area contributed by atoms with Gasteiger partial charge in [0.2, 0.25) is 6.79 Å². The highest BCUT2D eigenvalue weighted by Gasteiger charge is 2.62. The number of rotatable bonds is 5. The summed E-state index contributed by atoms with van der Waals surface area (Å²) in [5.41, 5.74) is 0.374. The number of esters is 2. The minimum atomic E-state index is -1.72. The Morgan fingerprint density at radius 2 is 1.46 bits per heavy atom. The lowest BCUT2D eigenvalue weighted by Crippen LogP contribution is -2.56. The molecule has 2 unspecified atom stereocenters. The fourth-order valence-electron chi connectivity index (χ4n) is 4.81. The van der Waals surface area contributed by atoms with Crippen LogP contribution in [-0.2, 0) is 23.9 Å². The summed E-state index contributed by atoms with van der Waals surface area (Å²) < 4.78 is 21.5. The van der Waals surface area contributed by atoms with Crippen molar-refractivity contribution in [1.82, 2.24) is 0 Å². The lowest BCUT2D eigenvalue weighted by atomic mass is 9.70. The van der Waals surface area contributed by atoms with E-state index in [1.165, 1.54) is 14.2 Å². The number of ether oxygens (including phenoxy) is 4. The number of carbonyl (C=O) groups excluding carboxylic acids is 2. The Bertz CT molecular complexity index is 1200. The molecule has 1 fully saturated rings. The first kappa shape index (κ1) is 22.7. The van der Waals surface area contributed by atoms with E-state index in [4.69, 9.17) is 23.8 Å². The van der Waals surface area contributed by atoms with Gasteiger partial charge in [-0.1, -0.05) is 54.6 Å². The third-order valence-electron chi connectivity index (χ3n) is 6.44. The Morgan fingerprint density at radius 1 is 0.829 bits per heavy atom. The lowest BCUT2D eigenvalue weighted by Gasteiger charge is -2.49. The third-order valence-corrected chi connectivity index (χ3v) is 6.44. The summed E-state index contributed by atoms with van der Waals surface area (Å²) in [5, 5.41) is 1.61. The average Bonchev–Trinajstić information content (AvgIpc) is 3.40. The van der Waals surface area contributed by atoms with Gasteiger partial charge in [0.1, 0.15) is 12.1 Å². The zero-order chi connectivity index (χ0) is 24.4. The summed E-state index contributed by atoms with van der Waals surface area (Å²) in [7, 11) is 2.54. The second kappa shape index (κ2) is 9.31. The molecule has 180 valence electrons. The smallest absolute Gasteiger partial charge is 0.325 e. The van der Waals surface area contributed by atoms with Crippen molar-refractivity contribution in [2.75, 3.05) is 26.1 Å². The van der Waals surface area contributed by atoms with Crippen LogP contribution in [0.5, 0.6) is 11.5 Å². The van der Waals surface area contributed by atoms with Crippen LogP contribution in [-0.4, -0.2) is 33.0 Å². The maximum absolute atomic E-state index is 13.6. The van der Waals surface area contributed by atoms with E-state index in [2.05, 4.69) is 0 Å². The highest BCUT2D eigenvalue weighted by atomic mass is 16.7. The van der Waals surface area contributed by atoms with Crippen LogP contribution in [0.1, 0.15) is 29.7 Å². The maximum atomic E-state index is 13.6. The number of hydrogen-bond acceptors (Lipinski definition) is 8. The van der Waals surface area contributed by atoms with E-state index in [0.717, 1.165) is 5.56 Å². The molecule has 0 bridgehead atoms. The molecular weight excluding hydrogens is 450 g/mol. The first-order valence-electron chi connectivity index (χ1n) is 11.2. The topological polar surface area (TPSA) is 83.5 Å². The molecule has 0 aliphatic carbocycles. The Labute approximate surface area is 202 Å². The number of methoxy groups -OCH3 is 2. The molecule has 1 saturated heterocycles. The van der Waals surface area contributed by atoms with Gasteiger partial charge in [-0.3, -0.25) is 14.4 Å². The number of nitrogens with zero attached hydrogens (tertiary/aromatic N) is 1. The van der Waals surface area contributed by atoms with Crippen molar-refractivity contribution in [3.8, 4) is 11.5 Å². The Kier molecular flexibility index (Phi) is 6.05. The van der Waals surface area contributed by atoms with Crippen molar-refractivity contribution in [1.29, 1.82) is 0 Å². The van der Waals surface area contributed by atoms with E-state index in [0.29, 0.717) is 22.7 Å². The average molecular weight is 475 g/mol. The molecule has 0 spiro atoms. The first-order valence-corrected chi connectivity index (χ1v) is 11.2. The summed E-state index contributed by atoms with van der Waals surface area (Å²) in [6.07, 6.45) is -0.697. The van der Waals surface area contributed by atoms with E-state index in [-0.39, 0.29) is 13.2 Å². The molecule has 35 heavy (non-hydrogen) atoms. The molecule has 8 heteroatoms. The van der Waals surface area contributed by atoms with E-state index in [9.17, 15) is 9.59 Å². The van der Waals surface area contributed by atoms with Gasteiger partial charge in [0.15, 0.2) is 16.9 Å². The standard InChI is InChI=1S/C27H25NO7/c1-31-25(29)27(26(30)32-2)16-23(19-13-14-21-22(15-19)34-17-33-21)35-28(20-11-7-4-8-12-20)24(27)18-9-5-3-6-10-18/h3-15,23-24H,16-17H2,1-2H3. The van der Waals surface area contributed by atoms with Gasteiger partial charge in [0, 0.05) is 6.42 Å². The van der Waals surface area contributed by atoms with Gasteiger partial charge >= 0.3 is 11.9 Å². The number of anilines is 1. The molecule has 2 heterocycles. The van der Waals surface area contributed by atoms with Crippen molar-refractivity contribution in [2.45, 2.75) is 18.6 Å². The van der Waals surface area contributed by atoms with Crippen LogP contribution < -0.4 is 14.5 Å². The summed E-state index contributed by atoms with van der Waals surface area (Å²) >= 11 is 0. The summed E-state index contributed by atoms with van der Waals surface area (Å²) in [6.45, 7) is 0.130. The Balaban J connectivity index is 1.71. The molecule has 2 aliphatic rings. The van der Waals surface area contributed by atoms with Crippen LogP contribution >= 0.6 is 0 Å². The molecule has 3 aromatic carbocycles. The zero-order valence-corrected chi connectivity index (χ0v) is 19.4. The zero-order valence-electron chi connectivity index (χ0n) is 19.4. The molecule has 0 N–H and O–H groups in total. The highest BCUT2D eigenvalue weighted by Crippen LogP contribution is 2.54. The minimum Gasteiger partial charge on any atom is -0.468 e. The van der Waals surface area contributed by atoms with E-state index >= 15 is 0 Å². The molecule has 2 aliphatic heterocycles. The predicted octanol–water partition coefficient (Wildman–Crippen LogP) is 4.37. The largest absolute Gasteiger partial charge is 0.468 e. The number of hydroxylamine groups is 1. The summed E-state index contributed by atoms with van der Waals surface area (Å²) in [6, 6.07) is 23.2. The molecule has 5 rings (SSSR count). The van der Waals surface area contributed by atoms with Crippen molar-refractivity contribution >= 4 is 17.6 Å². The molecule has 0 aromatic heterocycles. The van der Waals surface area contributed by atoms with Gasteiger partial charge in [-0.2, -0.15) is 0 Å². The first-order chi connectivity index (χ1) is 17.1. The Morgan fingerprint density at radius 3 is 2.11 bits per heavy atom. The van der Waals surface area contributed by atoms with Gasteiger partial charge in [-0.05, 0) is 35.4 Å². The van der Waals surface area contributed by atoms with Gasteiger partial charge in [0.25, 0.3) is 0 Å². The highest BCUT2D eigenvalue weighted by molar-refractivity contribution is 6.02. The van der Waals surface area contributed by atoms with Gasteiger partial charge in [-0.15, -0.1) is 0 Å². The third kappa shape index (κ3) is 3.85. The molecule has 0 amide bonds. The molecule has 8 nitrogen and oxygen atoms in total. The molecular formula is C27H25NO7. The van der Waals surface area contributed by atoms with E-state index in [1.807, 2.05) is 66.7 Å². The minimum absolute atomic E-state index is 0.00507. The number of benzene rings is 3. The monoisotopic (exact) mass is 475 g/mol. The van der Waals surface area contributed by atoms with Crippen molar-refractivity contribution in [3.05, 3.63) is 90.0 Å². The fourth-order valence-corrected chi connectivity index (χ4v) is 4.81. The number of carbonyl (C=O) groups is 2. The maximum Gasteiger partial charge on any atom is 0.325 e. The number of para-hydroxylation sites is 1. The summed E-state index contributed by atoms with van der Waals surface area (Å²) in [5.74, 6) is -0.204. The predicted molar refractivity (Wildman–Crippen MR) is 126 cm³/mol. The normalized spacial score (nSPS) is 20.2. The van der Waals surface area contributed by atoms with Crippen LogP contribution in [0.15, 0.2) is 78.9 Å². The molecule has 2 atom stereocenters. The number of hydrogen-bond donors (Lipinski definition) is 0.